The predicted molar refractivity (Wildman–Crippen MR) is 48.5 cm³/mol. The molecule has 3 heteroatoms. The molecule has 13 heavy (non-hydrogen) atoms. The number of halogens is 2. The van der Waals surface area contributed by atoms with Gasteiger partial charge in [0.15, 0.2) is 0 Å². The molecule has 2 rings (SSSR count). The summed E-state index contributed by atoms with van der Waals surface area (Å²) < 4.78 is 26.3. The number of rotatable bonds is 1. The Labute approximate surface area is 78.5 Å². The maximum Gasteiger partial charge on any atom is 0.134 e. The van der Waals surface area contributed by atoms with Crippen LogP contribution in [-0.2, 0) is 0 Å². The molecular formula is C10H5F2S. The minimum Gasteiger partial charge on any atom is -0.206 e. The molecule has 1 radical (unpaired) electrons. The third-order valence-corrected chi connectivity index (χ3v) is 2.51. The zero-order valence-corrected chi connectivity index (χ0v) is 7.37. The molecule has 1 aromatic heterocycles. The van der Waals surface area contributed by atoms with Gasteiger partial charge in [-0.1, -0.05) is 6.07 Å². The Balaban J connectivity index is 2.64. The molecule has 0 amide bonds. The molecule has 0 aliphatic rings. The van der Waals surface area contributed by atoms with Gasteiger partial charge in [0.05, 0.1) is 5.56 Å². The standard InChI is InChI=1S/C10H5F2S/c11-7-3-1-4-8(12)10(7)9-5-2-6-13-9/h1,3-6H. The third kappa shape index (κ3) is 1.47. The summed E-state index contributed by atoms with van der Waals surface area (Å²) in [6, 6.07) is 8.19. The number of benzene rings is 1. The molecule has 0 spiro atoms. The van der Waals surface area contributed by atoms with Crippen LogP contribution in [0.15, 0.2) is 29.6 Å². The Morgan fingerprint density at radius 3 is 2.38 bits per heavy atom. The highest BCUT2D eigenvalue weighted by Gasteiger charge is 2.10. The molecule has 0 N–H and O–H groups in total. The van der Waals surface area contributed by atoms with E-state index in [0.717, 1.165) is 0 Å². The summed E-state index contributed by atoms with van der Waals surface area (Å²) in [7, 11) is 0. The van der Waals surface area contributed by atoms with Crippen LogP contribution in [0.2, 0.25) is 0 Å². The van der Waals surface area contributed by atoms with Crippen molar-refractivity contribution < 1.29 is 8.78 Å². The molecule has 0 aliphatic heterocycles. The third-order valence-electron chi connectivity index (χ3n) is 1.68. The van der Waals surface area contributed by atoms with Gasteiger partial charge in [0.2, 0.25) is 0 Å². The summed E-state index contributed by atoms with van der Waals surface area (Å²) in [6.45, 7) is 0. The van der Waals surface area contributed by atoms with Gasteiger partial charge in [0.25, 0.3) is 0 Å². The quantitative estimate of drug-likeness (QED) is 0.653. The van der Waals surface area contributed by atoms with E-state index >= 15 is 0 Å². The van der Waals surface area contributed by atoms with Crippen LogP contribution in [0, 0.1) is 17.7 Å². The summed E-state index contributed by atoms with van der Waals surface area (Å²) in [6.07, 6.45) is 0. The molecule has 0 aliphatic carbocycles. The minimum absolute atomic E-state index is 0.0359. The second-order valence-electron chi connectivity index (χ2n) is 2.51. The lowest BCUT2D eigenvalue weighted by Gasteiger charge is -2.00. The predicted octanol–water partition coefficient (Wildman–Crippen LogP) is 3.49. The van der Waals surface area contributed by atoms with Crippen molar-refractivity contribution in [3.8, 4) is 10.4 Å². The fourth-order valence-corrected chi connectivity index (χ4v) is 1.82. The van der Waals surface area contributed by atoms with Crippen LogP contribution in [0.5, 0.6) is 0 Å². The number of hydrogen-bond donors (Lipinski definition) is 0. The molecule has 65 valence electrons. The first-order valence-corrected chi connectivity index (χ1v) is 4.56. The second kappa shape index (κ2) is 3.26. The van der Waals surface area contributed by atoms with E-state index in [-0.39, 0.29) is 5.56 Å². The van der Waals surface area contributed by atoms with E-state index in [4.69, 9.17) is 0 Å². The zero-order valence-electron chi connectivity index (χ0n) is 6.55. The van der Waals surface area contributed by atoms with E-state index in [2.05, 4.69) is 6.07 Å². The van der Waals surface area contributed by atoms with Crippen LogP contribution in [0.3, 0.4) is 0 Å². The van der Waals surface area contributed by atoms with E-state index in [9.17, 15) is 8.78 Å². The summed E-state index contributed by atoms with van der Waals surface area (Å²) in [5.74, 6) is -1.06. The summed E-state index contributed by atoms with van der Waals surface area (Å²) in [5, 5.41) is 1.67. The molecule has 0 fully saturated rings. The van der Waals surface area contributed by atoms with Gasteiger partial charge in [0.1, 0.15) is 11.6 Å². The first-order valence-electron chi connectivity index (χ1n) is 3.68. The maximum absolute atomic E-state index is 13.2. The maximum atomic E-state index is 13.2. The van der Waals surface area contributed by atoms with Crippen molar-refractivity contribution in [3.05, 3.63) is 47.3 Å². The molecule has 0 saturated heterocycles. The van der Waals surface area contributed by atoms with Gasteiger partial charge < -0.3 is 0 Å². The van der Waals surface area contributed by atoms with Crippen LogP contribution in [0.1, 0.15) is 0 Å². The largest absolute Gasteiger partial charge is 0.206 e. The lowest BCUT2D eigenvalue weighted by Crippen LogP contribution is -1.86. The molecule has 1 aromatic carbocycles. The SMILES string of the molecule is Fc1cccc(F)c1-c1c[c]cs1. The van der Waals surface area contributed by atoms with Crippen molar-refractivity contribution in [2.75, 3.05) is 0 Å². The Morgan fingerprint density at radius 2 is 1.85 bits per heavy atom. The van der Waals surface area contributed by atoms with Crippen molar-refractivity contribution in [2.45, 2.75) is 0 Å². The lowest BCUT2D eigenvalue weighted by atomic mass is 10.1. The van der Waals surface area contributed by atoms with Gasteiger partial charge >= 0.3 is 0 Å². The number of thiophene rings is 1. The first-order chi connectivity index (χ1) is 6.29. The van der Waals surface area contributed by atoms with Crippen LogP contribution in [0.25, 0.3) is 10.4 Å². The average Bonchev–Trinajstić information content (AvgIpc) is 2.57. The van der Waals surface area contributed by atoms with Crippen LogP contribution in [-0.4, -0.2) is 0 Å². The van der Waals surface area contributed by atoms with Crippen LogP contribution in [0.4, 0.5) is 8.78 Å². The fourth-order valence-electron chi connectivity index (χ4n) is 1.11. The lowest BCUT2D eigenvalue weighted by molar-refractivity contribution is 0.590. The van der Waals surface area contributed by atoms with E-state index in [1.165, 1.54) is 29.5 Å². The van der Waals surface area contributed by atoms with Crippen molar-refractivity contribution in [2.24, 2.45) is 0 Å². The number of hydrogen-bond acceptors (Lipinski definition) is 1. The minimum atomic E-state index is -0.532. The summed E-state index contributed by atoms with van der Waals surface area (Å²) >= 11 is 1.27. The Morgan fingerprint density at radius 1 is 1.15 bits per heavy atom. The zero-order chi connectivity index (χ0) is 9.26. The Hall–Kier alpha value is -1.22. The van der Waals surface area contributed by atoms with Crippen molar-refractivity contribution in [3.63, 3.8) is 0 Å². The summed E-state index contributed by atoms with van der Waals surface area (Å²) in [5.41, 5.74) is 0.0359. The first kappa shape index (κ1) is 8.38. The van der Waals surface area contributed by atoms with E-state index in [1.807, 2.05) is 0 Å². The van der Waals surface area contributed by atoms with Gasteiger partial charge in [-0.2, -0.15) is 0 Å². The molecule has 2 aromatic rings. The van der Waals surface area contributed by atoms with E-state index < -0.39 is 11.6 Å². The molecule has 0 nitrogen and oxygen atoms in total. The monoisotopic (exact) mass is 195 g/mol. The van der Waals surface area contributed by atoms with Crippen molar-refractivity contribution >= 4 is 11.3 Å². The van der Waals surface area contributed by atoms with Gasteiger partial charge in [-0.15, -0.1) is 11.3 Å². The van der Waals surface area contributed by atoms with Crippen LogP contribution < -0.4 is 0 Å². The van der Waals surface area contributed by atoms with Gasteiger partial charge in [-0.05, 0) is 29.6 Å². The highest BCUT2D eigenvalue weighted by molar-refractivity contribution is 7.13. The highest BCUT2D eigenvalue weighted by Crippen LogP contribution is 2.29. The fraction of sp³-hybridized carbons (Fsp3) is 0. The van der Waals surface area contributed by atoms with Crippen molar-refractivity contribution in [1.82, 2.24) is 0 Å². The summed E-state index contributed by atoms with van der Waals surface area (Å²) in [4.78, 5) is 0.565. The van der Waals surface area contributed by atoms with Gasteiger partial charge in [0, 0.05) is 4.88 Å². The van der Waals surface area contributed by atoms with E-state index in [0.29, 0.717) is 4.88 Å². The van der Waals surface area contributed by atoms with Crippen LogP contribution >= 0.6 is 11.3 Å². The molecule has 0 unspecified atom stereocenters. The topological polar surface area (TPSA) is 0 Å². The van der Waals surface area contributed by atoms with E-state index in [1.54, 1.807) is 11.4 Å². The molecule has 1 heterocycles. The Kier molecular flexibility index (Phi) is 2.10. The Bertz CT molecular complexity index is 387. The highest BCUT2D eigenvalue weighted by atomic mass is 32.1. The van der Waals surface area contributed by atoms with Gasteiger partial charge in [-0.3, -0.25) is 0 Å². The normalized spacial score (nSPS) is 10.3. The van der Waals surface area contributed by atoms with Crippen molar-refractivity contribution in [1.29, 1.82) is 0 Å². The smallest absolute Gasteiger partial charge is 0.134 e. The van der Waals surface area contributed by atoms with Gasteiger partial charge in [-0.25, -0.2) is 8.78 Å². The second-order valence-corrected chi connectivity index (χ2v) is 3.42. The molecule has 0 saturated carbocycles. The molecular weight excluding hydrogens is 190 g/mol. The average molecular weight is 195 g/mol. The molecule has 0 atom stereocenters. The molecule has 0 bridgehead atoms.